The molecule has 1 aromatic carbocycles. The lowest BCUT2D eigenvalue weighted by Gasteiger charge is -2.21. The summed E-state index contributed by atoms with van der Waals surface area (Å²) < 4.78 is 4.21. The highest BCUT2D eigenvalue weighted by molar-refractivity contribution is 8.00. The molecule has 0 fully saturated rings. The van der Waals surface area contributed by atoms with Gasteiger partial charge in [0.05, 0.1) is 17.9 Å². The van der Waals surface area contributed by atoms with Crippen LogP contribution in [0.2, 0.25) is 0 Å². The Morgan fingerprint density at radius 2 is 1.93 bits per heavy atom. The molecule has 0 aliphatic rings. The van der Waals surface area contributed by atoms with E-state index in [-0.39, 0.29) is 6.04 Å². The van der Waals surface area contributed by atoms with Crippen LogP contribution in [0.25, 0.3) is 5.65 Å². The molecule has 0 aliphatic carbocycles. The molecule has 0 amide bonds. The molecule has 4 rings (SSSR count). The molecule has 0 aliphatic heterocycles. The van der Waals surface area contributed by atoms with Gasteiger partial charge in [-0.3, -0.25) is 9.38 Å². The molecule has 4 aromatic rings. The molecule has 28 heavy (non-hydrogen) atoms. The fourth-order valence-electron chi connectivity index (χ4n) is 2.97. The molecule has 6 nitrogen and oxygen atoms in total. The van der Waals surface area contributed by atoms with Gasteiger partial charge in [0.2, 0.25) is 5.95 Å². The average molecular weight is 391 g/mol. The molecule has 3 heterocycles. The van der Waals surface area contributed by atoms with Crippen molar-refractivity contribution < 1.29 is 0 Å². The zero-order valence-corrected chi connectivity index (χ0v) is 16.7. The van der Waals surface area contributed by atoms with Gasteiger partial charge in [-0.15, -0.1) is 10.2 Å². The topological polar surface area (TPSA) is 58.4 Å². The second-order valence-corrected chi connectivity index (χ2v) is 7.49. The first-order chi connectivity index (χ1) is 13.7. The molecule has 142 valence electrons. The van der Waals surface area contributed by atoms with E-state index in [9.17, 15) is 0 Å². The van der Waals surface area contributed by atoms with E-state index in [1.54, 1.807) is 18.1 Å². The number of pyridine rings is 2. The molecule has 0 bridgehead atoms. The lowest BCUT2D eigenvalue weighted by Crippen LogP contribution is -2.13. The van der Waals surface area contributed by atoms with E-state index in [1.165, 1.54) is 5.56 Å². The maximum absolute atomic E-state index is 4.33. The van der Waals surface area contributed by atoms with E-state index >= 15 is 0 Å². The van der Waals surface area contributed by atoms with Crippen molar-refractivity contribution >= 4 is 29.2 Å². The summed E-state index contributed by atoms with van der Waals surface area (Å²) in [6.07, 6.45) is 5.73. The zero-order valence-electron chi connectivity index (χ0n) is 15.9. The van der Waals surface area contributed by atoms with Crippen LogP contribution in [-0.2, 0) is 0 Å². The second kappa shape index (κ2) is 8.31. The summed E-state index contributed by atoms with van der Waals surface area (Å²) in [7, 11) is 0. The van der Waals surface area contributed by atoms with Crippen LogP contribution in [0, 0.1) is 0 Å². The van der Waals surface area contributed by atoms with Crippen LogP contribution < -0.4 is 9.62 Å². The van der Waals surface area contributed by atoms with Gasteiger partial charge < -0.3 is 9.62 Å². The minimum atomic E-state index is 0.132. The molecule has 0 radical (unpaired) electrons. The minimum absolute atomic E-state index is 0.132. The molecular weight excluding hydrogens is 368 g/mol. The number of benzene rings is 1. The Kier molecular flexibility index (Phi) is 5.43. The number of anilines is 2. The van der Waals surface area contributed by atoms with Gasteiger partial charge in [0, 0.05) is 23.8 Å². The van der Waals surface area contributed by atoms with Crippen molar-refractivity contribution in [1.29, 1.82) is 0 Å². The van der Waals surface area contributed by atoms with Crippen LogP contribution >= 0.6 is 11.9 Å². The van der Waals surface area contributed by atoms with Gasteiger partial charge in [0.1, 0.15) is 0 Å². The van der Waals surface area contributed by atoms with E-state index < -0.39 is 0 Å². The first-order valence-corrected chi connectivity index (χ1v) is 10.0. The van der Waals surface area contributed by atoms with Crippen LogP contribution in [0.1, 0.15) is 25.5 Å². The number of rotatable bonds is 7. The van der Waals surface area contributed by atoms with Crippen molar-refractivity contribution in [2.45, 2.75) is 24.8 Å². The third kappa shape index (κ3) is 3.94. The number of nitrogens with one attached hydrogen (secondary N) is 1. The van der Waals surface area contributed by atoms with E-state index in [2.05, 4.69) is 69.1 Å². The SMILES string of the molecule is CCN(Sc1ccc2nnc(N[C@H](C)c3ccccc3)n2c1)c1cccnc1. The normalized spacial score (nSPS) is 12.1. The standard InChI is InChI=1S/C21H22N6S/c1-3-27(18-10-7-13-22-14-18)28-19-11-12-20-24-25-21(26(20)15-19)23-16(2)17-8-5-4-6-9-17/h4-16H,3H2,1-2H3,(H,23,25)/t16-/m1/s1. The predicted molar refractivity (Wildman–Crippen MR) is 115 cm³/mol. The quantitative estimate of drug-likeness (QED) is 0.456. The molecule has 1 N–H and O–H groups in total. The first kappa shape index (κ1) is 18.3. The number of aromatic nitrogens is 4. The van der Waals surface area contributed by atoms with E-state index in [0.29, 0.717) is 0 Å². The molecule has 0 saturated carbocycles. The van der Waals surface area contributed by atoms with Crippen molar-refractivity contribution in [3.63, 3.8) is 0 Å². The highest BCUT2D eigenvalue weighted by Crippen LogP contribution is 2.29. The van der Waals surface area contributed by atoms with Crippen LogP contribution in [-0.4, -0.2) is 26.1 Å². The second-order valence-electron chi connectivity index (χ2n) is 6.39. The van der Waals surface area contributed by atoms with Gasteiger partial charge >= 0.3 is 0 Å². The Labute approximate surface area is 168 Å². The van der Waals surface area contributed by atoms with E-state index in [1.807, 2.05) is 40.9 Å². The van der Waals surface area contributed by atoms with Crippen molar-refractivity contribution in [2.75, 3.05) is 16.2 Å². The van der Waals surface area contributed by atoms with Gasteiger partial charge in [-0.25, -0.2) is 0 Å². The smallest absolute Gasteiger partial charge is 0.229 e. The van der Waals surface area contributed by atoms with Gasteiger partial charge in [0.15, 0.2) is 5.65 Å². The monoisotopic (exact) mass is 390 g/mol. The number of fused-ring (bicyclic) bond motifs is 1. The Morgan fingerprint density at radius 1 is 1.07 bits per heavy atom. The van der Waals surface area contributed by atoms with Gasteiger partial charge in [-0.2, -0.15) is 0 Å². The molecule has 0 spiro atoms. The highest BCUT2D eigenvalue weighted by Gasteiger charge is 2.12. The van der Waals surface area contributed by atoms with Gasteiger partial charge in [0.25, 0.3) is 0 Å². The molecule has 0 unspecified atom stereocenters. The number of hydrogen-bond acceptors (Lipinski definition) is 6. The van der Waals surface area contributed by atoms with Crippen molar-refractivity contribution in [3.05, 3.63) is 78.8 Å². The lowest BCUT2D eigenvalue weighted by molar-refractivity contribution is 0.853. The van der Waals surface area contributed by atoms with Gasteiger partial charge in [-0.05, 0) is 55.6 Å². The molecule has 7 heteroatoms. The fourth-order valence-corrected chi connectivity index (χ4v) is 3.85. The largest absolute Gasteiger partial charge is 0.347 e. The van der Waals surface area contributed by atoms with E-state index in [0.717, 1.165) is 28.7 Å². The summed E-state index contributed by atoms with van der Waals surface area (Å²) in [5.41, 5.74) is 3.10. The van der Waals surface area contributed by atoms with Crippen LogP contribution in [0.4, 0.5) is 11.6 Å². The average Bonchev–Trinajstić information content (AvgIpc) is 3.15. The third-order valence-corrected chi connectivity index (χ3v) is 5.60. The minimum Gasteiger partial charge on any atom is -0.347 e. The number of nitrogens with zero attached hydrogens (tertiary/aromatic N) is 5. The molecular formula is C21H22N6S. The zero-order chi connectivity index (χ0) is 19.3. The first-order valence-electron chi connectivity index (χ1n) is 9.26. The number of hydrogen-bond donors (Lipinski definition) is 1. The van der Waals surface area contributed by atoms with Crippen LogP contribution in [0.5, 0.6) is 0 Å². The summed E-state index contributed by atoms with van der Waals surface area (Å²) in [6.45, 7) is 5.12. The van der Waals surface area contributed by atoms with Crippen LogP contribution in [0.15, 0.2) is 78.1 Å². The Morgan fingerprint density at radius 3 is 2.68 bits per heavy atom. The summed E-state index contributed by atoms with van der Waals surface area (Å²) in [5.74, 6) is 0.734. The molecule has 3 aromatic heterocycles. The maximum atomic E-state index is 4.33. The highest BCUT2D eigenvalue weighted by atomic mass is 32.2. The van der Waals surface area contributed by atoms with Crippen LogP contribution in [0.3, 0.4) is 0 Å². The Bertz CT molecular complexity index is 1030. The predicted octanol–water partition coefficient (Wildman–Crippen LogP) is 4.83. The Balaban J connectivity index is 1.57. The third-order valence-electron chi connectivity index (χ3n) is 4.46. The van der Waals surface area contributed by atoms with Crippen molar-refractivity contribution in [1.82, 2.24) is 19.6 Å². The van der Waals surface area contributed by atoms with E-state index in [4.69, 9.17) is 0 Å². The Hall–Kier alpha value is -3.06. The van der Waals surface area contributed by atoms with Gasteiger partial charge in [-0.1, -0.05) is 30.3 Å². The summed E-state index contributed by atoms with van der Waals surface area (Å²) >= 11 is 1.67. The maximum Gasteiger partial charge on any atom is 0.229 e. The molecule has 1 atom stereocenters. The fraction of sp³-hybridized carbons (Fsp3) is 0.190. The lowest BCUT2D eigenvalue weighted by atomic mass is 10.1. The molecule has 0 saturated heterocycles. The van der Waals surface area contributed by atoms with Crippen molar-refractivity contribution in [2.24, 2.45) is 0 Å². The van der Waals surface area contributed by atoms with Crippen molar-refractivity contribution in [3.8, 4) is 0 Å². The summed E-state index contributed by atoms with van der Waals surface area (Å²) in [4.78, 5) is 5.33. The summed E-state index contributed by atoms with van der Waals surface area (Å²) in [6, 6.07) is 18.5. The summed E-state index contributed by atoms with van der Waals surface area (Å²) in [5, 5.41) is 12.1.